The summed E-state index contributed by atoms with van der Waals surface area (Å²) in [6.45, 7) is 3.69. The molecule has 3 rings (SSSR count). The SMILES string of the molecule is CC(C)(CCO)SSCOCCCCOC(=O)NCC#Cc1cn([C@H]2C[C@H](OCN=[N+]=[N-])[C@@H](COP(=O)(O)O[P+](=O)OP(=O)(O)O)O2)c2ncnc(N)c12. The zero-order valence-corrected chi connectivity index (χ0v) is 33.2. The van der Waals surface area contributed by atoms with Crippen LogP contribution in [0.5, 0.6) is 0 Å². The molecule has 0 aromatic carbocycles. The molecule has 2 aromatic heterocycles. The van der Waals surface area contributed by atoms with Gasteiger partial charge in [0.1, 0.15) is 42.8 Å². The van der Waals surface area contributed by atoms with E-state index in [-0.39, 0.29) is 42.4 Å². The Morgan fingerprint density at radius 1 is 1.28 bits per heavy atom. The molecule has 0 aliphatic carbocycles. The quantitative estimate of drug-likeness (QED) is 0.0133. The van der Waals surface area contributed by atoms with Crippen molar-refractivity contribution in [3.8, 4) is 11.8 Å². The van der Waals surface area contributed by atoms with Crippen molar-refractivity contribution in [1.82, 2.24) is 19.9 Å². The van der Waals surface area contributed by atoms with Crippen molar-refractivity contribution in [3.05, 3.63) is 28.5 Å². The number of aromatic nitrogens is 3. The number of hydrogen-bond acceptors (Lipinski definition) is 18. The van der Waals surface area contributed by atoms with Crippen molar-refractivity contribution in [2.24, 2.45) is 5.11 Å². The second-order valence-electron chi connectivity index (χ2n) is 11.4. The van der Waals surface area contributed by atoms with E-state index in [1.54, 1.807) is 32.4 Å². The third kappa shape index (κ3) is 16.3. The third-order valence-corrected chi connectivity index (χ3v) is 13.1. The van der Waals surface area contributed by atoms with E-state index in [0.29, 0.717) is 42.8 Å². The minimum absolute atomic E-state index is 0.0427. The molecule has 54 heavy (non-hydrogen) atoms. The summed E-state index contributed by atoms with van der Waals surface area (Å²) in [5.41, 5.74) is 15.4. The molecular weight excluding hydrogens is 821 g/mol. The number of anilines is 1. The number of nitrogens with two attached hydrogens (primary N) is 1. The van der Waals surface area contributed by atoms with Gasteiger partial charge in [-0.05, 0) is 47.3 Å². The minimum atomic E-state index is -5.31. The number of nitrogens with zero attached hydrogens (tertiary/aromatic N) is 6. The molecule has 5 atom stereocenters. The maximum Gasteiger partial charge on any atom is 0.719 e. The number of nitrogens with one attached hydrogen (secondary N) is 1. The van der Waals surface area contributed by atoms with Crippen LogP contribution in [0.25, 0.3) is 21.5 Å². The Morgan fingerprint density at radius 3 is 2.76 bits per heavy atom. The number of carbonyl (C=O) groups excluding carboxylic acids is 1. The summed E-state index contributed by atoms with van der Waals surface area (Å²) < 4.78 is 71.2. The number of phosphoric acid groups is 2. The summed E-state index contributed by atoms with van der Waals surface area (Å²) in [7, 11) is -11.0. The lowest BCUT2D eigenvalue weighted by Gasteiger charge is -2.21. The molecule has 1 saturated heterocycles. The third-order valence-electron chi connectivity index (χ3n) is 6.87. The lowest BCUT2D eigenvalue weighted by Crippen LogP contribution is -2.29. The summed E-state index contributed by atoms with van der Waals surface area (Å²) in [6.07, 6.45) is 1.18. The van der Waals surface area contributed by atoms with Gasteiger partial charge in [0.05, 0.1) is 36.8 Å². The molecule has 28 heteroatoms. The zero-order valence-electron chi connectivity index (χ0n) is 28.9. The molecular formula is C26H40N8O15P3S2+. The predicted molar refractivity (Wildman–Crippen MR) is 194 cm³/mol. The number of azide groups is 1. The number of aliphatic hydroxyl groups excluding tert-OH is 1. The fourth-order valence-electron chi connectivity index (χ4n) is 4.52. The fraction of sp³-hybridized carbons (Fsp3) is 0.654. The zero-order chi connectivity index (χ0) is 39.8. The standard InChI is InChI=1S/C26H39N8O15P3S2/c1-26(2,7-9-35)54-53-17-43-10-3-4-11-44-25(36)29-8-5-6-18-13-34(24-22(18)23(27)30-15-31-24)21-12-19(45-16-32-33-28)20(47-21)14-46-52(41,42)49-50(37)48-51(38,39)40/h13,15,19-21,35H,3-4,7-12,14,16-17H2,1-2H3,(H5-,27,29,30,31,36,38,39,40,41,42)/p+1/t19-,20+,21+/m0/s1. The molecule has 0 spiro atoms. The van der Waals surface area contributed by atoms with Gasteiger partial charge in [0, 0.05) is 40.1 Å². The van der Waals surface area contributed by atoms with Gasteiger partial charge in [-0.25, -0.2) is 23.9 Å². The Bertz CT molecular complexity index is 1790. The Labute approximate surface area is 317 Å². The van der Waals surface area contributed by atoms with Gasteiger partial charge in [0.2, 0.25) is 0 Å². The van der Waals surface area contributed by atoms with Crippen LogP contribution in [0.1, 0.15) is 51.3 Å². The molecule has 1 amide bonds. The smallest absolute Gasteiger partial charge is 0.450 e. The highest BCUT2D eigenvalue weighted by Crippen LogP contribution is 2.58. The molecule has 3 heterocycles. The molecule has 1 aliphatic heterocycles. The summed E-state index contributed by atoms with van der Waals surface area (Å²) in [5.74, 6) is 6.31. The highest BCUT2D eigenvalue weighted by atomic mass is 33.1. The molecule has 300 valence electrons. The average molecular weight is 862 g/mol. The van der Waals surface area contributed by atoms with E-state index in [4.69, 9.17) is 49.6 Å². The first-order valence-electron chi connectivity index (χ1n) is 15.7. The Morgan fingerprint density at radius 2 is 2.04 bits per heavy atom. The Hall–Kier alpha value is -2.58. The van der Waals surface area contributed by atoms with E-state index in [1.165, 1.54) is 6.33 Å². The highest BCUT2D eigenvalue weighted by Gasteiger charge is 2.45. The summed E-state index contributed by atoms with van der Waals surface area (Å²) in [5, 5.41) is 15.3. The van der Waals surface area contributed by atoms with Gasteiger partial charge in [-0.15, -0.1) is 0 Å². The minimum Gasteiger partial charge on any atom is -0.450 e. The molecule has 1 aliphatic rings. The van der Waals surface area contributed by atoms with Crippen molar-refractivity contribution in [3.63, 3.8) is 0 Å². The maximum atomic E-state index is 12.3. The Balaban J connectivity index is 1.56. The van der Waals surface area contributed by atoms with Crippen molar-refractivity contribution < 1.29 is 70.4 Å². The number of hydrogen-bond donors (Lipinski definition) is 6. The largest absolute Gasteiger partial charge is 0.719 e. The Kier molecular flexibility index (Phi) is 18.9. The van der Waals surface area contributed by atoms with Crippen LogP contribution in [0.2, 0.25) is 0 Å². The molecule has 0 saturated carbocycles. The van der Waals surface area contributed by atoms with Gasteiger partial charge in [-0.1, -0.05) is 38.5 Å². The van der Waals surface area contributed by atoms with Crippen LogP contribution in [0, 0.1) is 11.8 Å². The number of ether oxygens (including phenoxy) is 4. The average Bonchev–Trinajstić information content (AvgIpc) is 3.65. The van der Waals surface area contributed by atoms with Crippen LogP contribution >= 0.6 is 45.5 Å². The molecule has 2 unspecified atom stereocenters. The van der Waals surface area contributed by atoms with Crippen LogP contribution in [0.3, 0.4) is 0 Å². The lowest BCUT2D eigenvalue weighted by molar-refractivity contribution is -0.0579. The monoisotopic (exact) mass is 861 g/mol. The van der Waals surface area contributed by atoms with Gasteiger partial charge in [-0.2, -0.15) is 0 Å². The van der Waals surface area contributed by atoms with Gasteiger partial charge in [0.25, 0.3) is 0 Å². The van der Waals surface area contributed by atoms with E-state index < -0.39 is 61.8 Å². The van der Waals surface area contributed by atoms with Crippen LogP contribution in [0.15, 0.2) is 17.6 Å². The number of amides is 1. The second kappa shape index (κ2) is 22.2. The number of unbranched alkanes of at least 4 members (excludes halogenated alkanes) is 1. The van der Waals surface area contributed by atoms with Crippen LogP contribution in [-0.2, 0) is 45.8 Å². The van der Waals surface area contributed by atoms with Crippen LogP contribution in [0.4, 0.5) is 10.6 Å². The molecule has 0 bridgehead atoms. The lowest BCUT2D eigenvalue weighted by atomic mass is 10.1. The van der Waals surface area contributed by atoms with Crippen molar-refractivity contribution in [2.75, 3.05) is 51.4 Å². The first-order valence-corrected chi connectivity index (χ1v) is 22.2. The summed E-state index contributed by atoms with van der Waals surface area (Å²) in [4.78, 5) is 50.4. The number of aliphatic hydroxyl groups is 1. The van der Waals surface area contributed by atoms with Crippen LogP contribution < -0.4 is 11.1 Å². The highest BCUT2D eigenvalue weighted by molar-refractivity contribution is 8.77. The summed E-state index contributed by atoms with van der Waals surface area (Å²) in [6, 6.07) is 0. The number of phosphoric ester groups is 1. The van der Waals surface area contributed by atoms with Gasteiger partial charge >= 0.3 is 30.0 Å². The molecule has 1 fully saturated rings. The van der Waals surface area contributed by atoms with Crippen molar-refractivity contribution in [2.45, 2.75) is 62.7 Å². The van der Waals surface area contributed by atoms with E-state index in [0.717, 1.165) is 0 Å². The number of alkyl carbamates (subject to hydrolysis) is 1. The van der Waals surface area contributed by atoms with Crippen molar-refractivity contribution >= 4 is 68.4 Å². The number of fused-ring (bicyclic) bond motifs is 1. The van der Waals surface area contributed by atoms with Crippen molar-refractivity contribution in [1.29, 1.82) is 0 Å². The fourth-order valence-corrected chi connectivity index (χ4v) is 9.08. The molecule has 7 N–H and O–H groups in total. The number of carbonyl (C=O) groups is 1. The van der Waals surface area contributed by atoms with Gasteiger partial charge in [-0.3, -0.25) is 9.42 Å². The number of nitrogen functional groups attached to an aromatic ring is 1. The van der Waals surface area contributed by atoms with E-state index in [9.17, 15) is 23.4 Å². The second-order valence-corrected chi connectivity index (χ2v) is 18.3. The predicted octanol–water partition coefficient (Wildman–Crippen LogP) is 4.23. The number of rotatable bonds is 23. The molecule has 0 radical (unpaired) electrons. The van der Waals surface area contributed by atoms with Gasteiger partial charge < -0.3 is 49.5 Å². The molecule has 23 nitrogen and oxygen atoms in total. The normalized spacial score (nSPS) is 18.7. The summed E-state index contributed by atoms with van der Waals surface area (Å²) >= 11 is 0. The topological polar surface area (TPSA) is 331 Å². The first kappa shape index (κ1) is 45.8. The van der Waals surface area contributed by atoms with Gasteiger partial charge in [0.15, 0.2) is 0 Å². The van der Waals surface area contributed by atoms with E-state index >= 15 is 0 Å². The van der Waals surface area contributed by atoms with E-state index in [2.05, 4.69) is 59.6 Å². The molecule has 2 aromatic rings. The van der Waals surface area contributed by atoms with E-state index in [1.807, 2.05) is 0 Å². The maximum absolute atomic E-state index is 12.3. The van der Waals surface area contributed by atoms with Crippen LogP contribution in [-0.4, -0.2) is 103 Å². The first-order chi connectivity index (χ1) is 25.5.